The van der Waals surface area contributed by atoms with E-state index in [1.165, 1.54) is 26.1 Å². The Kier molecular flexibility index (Phi) is 4.79. The van der Waals surface area contributed by atoms with Gasteiger partial charge in [-0.3, -0.25) is 9.59 Å². The Hall–Kier alpha value is -1.73. The number of nitrogens with one attached hydrogen (secondary N) is 2. The Labute approximate surface area is 112 Å². The smallest absolute Gasteiger partial charge is 0.240 e. The van der Waals surface area contributed by atoms with Gasteiger partial charge in [0.15, 0.2) is 0 Å². The van der Waals surface area contributed by atoms with Crippen molar-refractivity contribution in [1.82, 2.24) is 4.72 Å². The van der Waals surface area contributed by atoms with Gasteiger partial charge in [-0.25, -0.2) is 13.1 Å². The number of hydrogen-bond donors (Lipinski definition) is 2. The number of amides is 1. The van der Waals surface area contributed by atoms with E-state index in [-0.39, 0.29) is 17.1 Å². The summed E-state index contributed by atoms with van der Waals surface area (Å²) in [4.78, 5) is 22.4. The fourth-order valence-electron chi connectivity index (χ4n) is 1.44. The Morgan fingerprint density at radius 2 is 1.89 bits per heavy atom. The highest BCUT2D eigenvalue weighted by Gasteiger charge is 2.14. The predicted molar refractivity (Wildman–Crippen MR) is 71.4 cm³/mol. The molecule has 0 aliphatic rings. The number of sulfonamides is 1. The molecule has 19 heavy (non-hydrogen) atoms. The molecule has 7 heteroatoms. The van der Waals surface area contributed by atoms with Crippen LogP contribution in [-0.2, 0) is 19.6 Å². The van der Waals surface area contributed by atoms with Crippen molar-refractivity contribution in [2.75, 3.05) is 12.4 Å². The largest absolute Gasteiger partial charge is 0.325 e. The van der Waals surface area contributed by atoms with Gasteiger partial charge < -0.3 is 5.32 Å². The van der Waals surface area contributed by atoms with Crippen molar-refractivity contribution in [2.45, 2.75) is 25.2 Å². The van der Waals surface area contributed by atoms with Crippen molar-refractivity contribution in [1.29, 1.82) is 0 Å². The first-order chi connectivity index (χ1) is 8.76. The van der Waals surface area contributed by atoms with Crippen LogP contribution in [0.4, 0.5) is 5.69 Å². The summed E-state index contributed by atoms with van der Waals surface area (Å²) < 4.78 is 25.5. The Balaban J connectivity index is 3.05. The minimum absolute atomic E-state index is 0.0544. The van der Waals surface area contributed by atoms with E-state index in [0.29, 0.717) is 11.3 Å². The first kappa shape index (κ1) is 15.3. The zero-order valence-corrected chi connectivity index (χ0v) is 11.8. The standard InChI is InChI=1S/C12H16N2O4S/c1-8-4-5-10(19(17,18)13-3)7-11(8)14-12(16)6-9(2)15/h4-5,7,13H,6H2,1-3H3,(H,14,16). The maximum atomic E-state index is 11.7. The summed E-state index contributed by atoms with van der Waals surface area (Å²) in [5.41, 5.74) is 1.09. The third kappa shape index (κ3) is 4.15. The van der Waals surface area contributed by atoms with E-state index in [4.69, 9.17) is 0 Å². The molecule has 2 N–H and O–H groups in total. The van der Waals surface area contributed by atoms with Gasteiger partial charge in [-0.2, -0.15) is 0 Å². The molecule has 0 spiro atoms. The van der Waals surface area contributed by atoms with Gasteiger partial charge in [0.2, 0.25) is 15.9 Å². The number of ketones is 1. The van der Waals surface area contributed by atoms with Crippen LogP contribution in [0.15, 0.2) is 23.1 Å². The van der Waals surface area contributed by atoms with Crippen LogP contribution in [0.3, 0.4) is 0 Å². The van der Waals surface area contributed by atoms with E-state index >= 15 is 0 Å². The first-order valence-corrected chi connectivity index (χ1v) is 7.08. The van der Waals surface area contributed by atoms with Gasteiger partial charge in [0.05, 0.1) is 11.3 Å². The second-order valence-corrected chi connectivity index (χ2v) is 6.00. The lowest BCUT2D eigenvalue weighted by molar-refractivity contribution is -0.124. The molecule has 0 heterocycles. The molecule has 0 aliphatic heterocycles. The quantitative estimate of drug-likeness (QED) is 0.783. The Morgan fingerprint density at radius 1 is 1.26 bits per heavy atom. The van der Waals surface area contributed by atoms with Gasteiger partial charge in [-0.05, 0) is 38.6 Å². The van der Waals surface area contributed by atoms with Crippen LogP contribution in [-0.4, -0.2) is 27.2 Å². The van der Waals surface area contributed by atoms with Crippen LogP contribution >= 0.6 is 0 Å². The topological polar surface area (TPSA) is 92.3 Å². The van der Waals surface area contributed by atoms with Gasteiger partial charge >= 0.3 is 0 Å². The molecule has 1 rings (SSSR count). The summed E-state index contributed by atoms with van der Waals surface area (Å²) in [5.74, 6) is -0.719. The summed E-state index contributed by atoms with van der Waals surface area (Å²) >= 11 is 0. The van der Waals surface area contributed by atoms with E-state index in [1.807, 2.05) is 0 Å². The number of carbonyl (C=O) groups excluding carboxylic acids is 2. The number of hydrogen-bond acceptors (Lipinski definition) is 4. The third-order valence-corrected chi connectivity index (χ3v) is 3.88. The number of carbonyl (C=O) groups is 2. The molecule has 6 nitrogen and oxygen atoms in total. The Bertz CT molecular complexity index is 608. The van der Waals surface area contributed by atoms with Gasteiger partial charge in [0.1, 0.15) is 5.78 Å². The average molecular weight is 284 g/mol. The summed E-state index contributed by atoms with van der Waals surface area (Å²) in [6, 6.07) is 4.40. The zero-order valence-electron chi connectivity index (χ0n) is 11.0. The molecule has 1 aromatic carbocycles. The summed E-state index contributed by atoms with van der Waals surface area (Å²) in [5, 5.41) is 2.53. The van der Waals surface area contributed by atoms with Crippen LogP contribution in [0.2, 0.25) is 0 Å². The van der Waals surface area contributed by atoms with Crippen LogP contribution in [0.1, 0.15) is 18.9 Å². The number of rotatable bonds is 5. The predicted octanol–water partition coefficient (Wildman–Crippen LogP) is 0.821. The molecule has 0 unspecified atom stereocenters. The maximum absolute atomic E-state index is 11.7. The van der Waals surface area contributed by atoms with Gasteiger partial charge in [-0.15, -0.1) is 0 Å². The molecular weight excluding hydrogens is 268 g/mol. The summed E-state index contributed by atoms with van der Waals surface area (Å²) in [6.07, 6.45) is -0.234. The minimum atomic E-state index is -3.56. The van der Waals surface area contributed by atoms with E-state index in [0.717, 1.165) is 0 Å². The fourth-order valence-corrected chi connectivity index (χ4v) is 2.20. The molecule has 0 atom stereocenters. The number of anilines is 1. The van der Waals surface area contributed by atoms with E-state index in [9.17, 15) is 18.0 Å². The normalized spacial score (nSPS) is 11.1. The molecule has 0 fully saturated rings. The van der Waals surface area contributed by atoms with E-state index in [2.05, 4.69) is 10.0 Å². The lowest BCUT2D eigenvalue weighted by Crippen LogP contribution is -2.20. The van der Waals surface area contributed by atoms with Crippen molar-refractivity contribution in [3.8, 4) is 0 Å². The van der Waals surface area contributed by atoms with Crippen LogP contribution in [0, 0.1) is 6.92 Å². The van der Waals surface area contributed by atoms with Gasteiger partial charge in [0, 0.05) is 5.69 Å². The summed E-state index contributed by atoms with van der Waals surface area (Å²) in [7, 11) is -2.26. The van der Waals surface area contributed by atoms with Crippen molar-refractivity contribution in [3.63, 3.8) is 0 Å². The molecule has 0 aliphatic carbocycles. The minimum Gasteiger partial charge on any atom is -0.325 e. The molecule has 104 valence electrons. The molecule has 0 saturated heterocycles. The van der Waals surface area contributed by atoms with Crippen molar-refractivity contribution >= 4 is 27.4 Å². The van der Waals surface area contributed by atoms with Crippen molar-refractivity contribution in [3.05, 3.63) is 23.8 Å². The second-order valence-electron chi connectivity index (χ2n) is 4.11. The molecule has 0 bridgehead atoms. The fraction of sp³-hybridized carbons (Fsp3) is 0.333. The second kappa shape index (κ2) is 5.94. The number of benzene rings is 1. The lowest BCUT2D eigenvalue weighted by atomic mass is 10.2. The molecule has 0 saturated carbocycles. The third-order valence-electron chi connectivity index (χ3n) is 2.47. The first-order valence-electron chi connectivity index (χ1n) is 5.59. The molecule has 0 radical (unpaired) electrons. The van der Waals surface area contributed by atoms with Gasteiger partial charge in [0.25, 0.3) is 0 Å². The monoisotopic (exact) mass is 284 g/mol. The average Bonchev–Trinajstić information content (AvgIpc) is 2.30. The van der Waals surface area contributed by atoms with Crippen molar-refractivity contribution < 1.29 is 18.0 Å². The SMILES string of the molecule is CNS(=O)(=O)c1ccc(C)c(NC(=O)CC(C)=O)c1. The number of aryl methyl sites for hydroxylation is 1. The van der Waals surface area contributed by atoms with Crippen molar-refractivity contribution in [2.24, 2.45) is 0 Å². The highest BCUT2D eigenvalue weighted by atomic mass is 32.2. The van der Waals surface area contributed by atoms with E-state index in [1.54, 1.807) is 13.0 Å². The lowest BCUT2D eigenvalue weighted by Gasteiger charge is -2.10. The molecule has 1 aromatic rings. The summed E-state index contributed by atoms with van der Waals surface area (Å²) in [6.45, 7) is 3.05. The van der Waals surface area contributed by atoms with Crippen LogP contribution in [0.25, 0.3) is 0 Å². The molecule has 1 amide bonds. The highest BCUT2D eigenvalue weighted by Crippen LogP contribution is 2.20. The van der Waals surface area contributed by atoms with Gasteiger partial charge in [-0.1, -0.05) is 6.07 Å². The molecule has 0 aromatic heterocycles. The zero-order chi connectivity index (χ0) is 14.6. The maximum Gasteiger partial charge on any atom is 0.240 e. The number of Topliss-reactive ketones (excluding diaryl/α,β-unsaturated/α-hetero) is 1. The molecular formula is C12H16N2O4S. The van der Waals surface area contributed by atoms with Crippen LogP contribution in [0.5, 0.6) is 0 Å². The Morgan fingerprint density at radius 3 is 2.42 bits per heavy atom. The van der Waals surface area contributed by atoms with E-state index < -0.39 is 15.9 Å². The van der Waals surface area contributed by atoms with Crippen LogP contribution < -0.4 is 10.0 Å². The highest BCUT2D eigenvalue weighted by molar-refractivity contribution is 7.89.